The van der Waals surface area contributed by atoms with Gasteiger partial charge in [0.1, 0.15) is 5.15 Å². The molecule has 208 valence electrons. The molecule has 0 bridgehead atoms. The molecule has 1 aromatic heterocycles. The Kier molecular flexibility index (Phi) is 8.08. The number of hydrogen-bond acceptors (Lipinski definition) is 6. The number of carbonyl (C=O) groups excluding carboxylic acids is 1. The summed E-state index contributed by atoms with van der Waals surface area (Å²) in [7, 11) is -9.09. The highest BCUT2D eigenvalue weighted by molar-refractivity contribution is 7.91. The Balaban J connectivity index is 1.57. The van der Waals surface area contributed by atoms with Gasteiger partial charge in [-0.05, 0) is 62.2 Å². The normalized spacial score (nSPS) is 15.4. The molecule has 14 heteroatoms. The fourth-order valence-electron chi connectivity index (χ4n) is 4.28. The molecule has 1 aliphatic rings. The van der Waals surface area contributed by atoms with E-state index in [-0.39, 0.29) is 41.9 Å². The maximum absolute atomic E-state index is 13.8. The lowest BCUT2D eigenvalue weighted by Gasteiger charge is -2.32. The van der Waals surface area contributed by atoms with E-state index in [2.05, 4.69) is 9.71 Å². The van der Waals surface area contributed by atoms with Crippen molar-refractivity contribution in [1.29, 1.82) is 0 Å². The zero-order valence-electron chi connectivity index (χ0n) is 20.4. The second kappa shape index (κ2) is 10.9. The number of rotatable bonds is 6. The molecule has 0 atom stereocenters. The summed E-state index contributed by atoms with van der Waals surface area (Å²) in [6.07, 6.45) is -4.79. The van der Waals surface area contributed by atoms with Gasteiger partial charge in [-0.2, -0.15) is 13.2 Å². The lowest BCUT2D eigenvalue weighted by atomic mass is 10.1. The van der Waals surface area contributed by atoms with E-state index in [9.17, 15) is 34.8 Å². The third kappa shape index (κ3) is 6.43. The van der Waals surface area contributed by atoms with Crippen LogP contribution in [0.3, 0.4) is 0 Å². The number of carbonyl (C=O) groups is 1. The first-order valence-electron chi connectivity index (χ1n) is 11.7. The minimum absolute atomic E-state index is 0.131. The number of halogens is 4. The molecular weight excluding hydrogens is 579 g/mol. The number of amides is 1. The number of pyridine rings is 1. The summed E-state index contributed by atoms with van der Waals surface area (Å²) in [6.45, 7) is 1.96. The fourth-order valence-corrected chi connectivity index (χ4v) is 7.47. The summed E-state index contributed by atoms with van der Waals surface area (Å²) in [5.74, 6) is -0.332. The van der Waals surface area contributed by atoms with Crippen LogP contribution in [-0.2, 0) is 26.0 Å². The maximum atomic E-state index is 13.8. The number of nitrogens with zero attached hydrogens (tertiary/aromatic N) is 2. The molecule has 0 spiro atoms. The second-order valence-corrected chi connectivity index (χ2v) is 13.0. The van der Waals surface area contributed by atoms with E-state index >= 15 is 0 Å². The molecule has 1 N–H and O–H groups in total. The molecule has 3 aromatic rings. The Morgan fingerprint density at radius 3 is 2.21 bits per heavy atom. The molecule has 1 saturated heterocycles. The third-order valence-corrected chi connectivity index (χ3v) is 9.71. The summed E-state index contributed by atoms with van der Waals surface area (Å²) in [5.41, 5.74) is -0.622. The van der Waals surface area contributed by atoms with E-state index in [4.69, 9.17) is 11.6 Å². The van der Waals surface area contributed by atoms with Crippen LogP contribution in [0.15, 0.2) is 75.4 Å². The molecule has 1 amide bonds. The van der Waals surface area contributed by atoms with Crippen LogP contribution in [0.4, 0.5) is 13.2 Å². The van der Waals surface area contributed by atoms with E-state index in [1.54, 1.807) is 19.1 Å². The van der Waals surface area contributed by atoms with E-state index < -0.39 is 47.4 Å². The summed E-state index contributed by atoms with van der Waals surface area (Å²) in [4.78, 5) is 16.4. The molecule has 8 nitrogen and oxygen atoms in total. The van der Waals surface area contributed by atoms with Crippen LogP contribution in [0.25, 0.3) is 0 Å². The number of sulfone groups is 1. The molecule has 0 radical (unpaired) electrons. The van der Waals surface area contributed by atoms with Crippen molar-refractivity contribution in [2.75, 3.05) is 13.1 Å². The van der Waals surface area contributed by atoms with Gasteiger partial charge in [0.2, 0.25) is 19.9 Å². The quantitative estimate of drug-likeness (QED) is 0.417. The predicted molar refractivity (Wildman–Crippen MR) is 137 cm³/mol. The Hall–Kier alpha value is -3.00. The molecule has 2 aromatic carbocycles. The van der Waals surface area contributed by atoms with Gasteiger partial charge in [0, 0.05) is 30.4 Å². The van der Waals surface area contributed by atoms with Crippen LogP contribution in [0.1, 0.15) is 34.5 Å². The van der Waals surface area contributed by atoms with Crippen LogP contribution in [0, 0.1) is 6.92 Å². The van der Waals surface area contributed by atoms with E-state index in [0.29, 0.717) is 23.4 Å². The standard InChI is InChI=1S/C25H23ClF3N3O5S2/c1-16-13-17(14-23(26)30-16)24(33)32-11-9-18(10-12-32)31-39(36,37)22-15-20(7-8-21(22)25(27,28)29)38(34,35)19-5-3-2-4-6-19/h2-8,13-15,18,31H,9-12H2,1H3. The topological polar surface area (TPSA) is 114 Å². The zero-order valence-corrected chi connectivity index (χ0v) is 22.8. The number of alkyl halides is 3. The summed E-state index contributed by atoms with van der Waals surface area (Å²) >= 11 is 5.93. The monoisotopic (exact) mass is 601 g/mol. The number of nitrogens with one attached hydrogen (secondary N) is 1. The third-order valence-electron chi connectivity index (χ3n) is 6.18. The van der Waals surface area contributed by atoms with Gasteiger partial charge >= 0.3 is 6.18 Å². The first-order chi connectivity index (χ1) is 18.2. The molecule has 0 aliphatic carbocycles. The van der Waals surface area contributed by atoms with Crippen molar-refractivity contribution in [3.8, 4) is 0 Å². The van der Waals surface area contributed by atoms with Crippen LogP contribution < -0.4 is 4.72 Å². The molecule has 1 aliphatic heterocycles. The maximum Gasteiger partial charge on any atom is 0.417 e. The van der Waals surface area contributed by atoms with Gasteiger partial charge in [-0.25, -0.2) is 26.5 Å². The number of likely N-dealkylation sites (tertiary alicyclic amines) is 1. The SMILES string of the molecule is Cc1cc(C(=O)N2CCC(NS(=O)(=O)c3cc(S(=O)(=O)c4ccccc4)ccc3C(F)(F)F)CC2)cc(Cl)n1. The van der Waals surface area contributed by atoms with Crippen molar-refractivity contribution >= 4 is 37.4 Å². The number of hydrogen-bond donors (Lipinski definition) is 1. The van der Waals surface area contributed by atoms with Crippen LogP contribution in [-0.4, -0.2) is 51.8 Å². The molecule has 2 heterocycles. The molecule has 0 saturated carbocycles. The van der Waals surface area contributed by atoms with Gasteiger partial charge in [0.25, 0.3) is 5.91 Å². The van der Waals surface area contributed by atoms with Crippen LogP contribution in [0.2, 0.25) is 5.15 Å². The average Bonchev–Trinajstić information content (AvgIpc) is 2.87. The highest BCUT2D eigenvalue weighted by Crippen LogP contribution is 2.36. The molecule has 0 unspecified atom stereocenters. The number of benzene rings is 2. The van der Waals surface area contributed by atoms with E-state index in [1.165, 1.54) is 35.2 Å². The molecule has 1 fully saturated rings. The summed E-state index contributed by atoms with van der Waals surface area (Å²) in [6, 6.07) is 10.9. The average molecular weight is 602 g/mol. The number of sulfonamides is 1. The largest absolute Gasteiger partial charge is 0.417 e. The van der Waals surface area contributed by atoms with Gasteiger partial charge in [-0.1, -0.05) is 29.8 Å². The Morgan fingerprint density at radius 1 is 0.974 bits per heavy atom. The lowest BCUT2D eigenvalue weighted by Crippen LogP contribution is -2.46. The first kappa shape index (κ1) is 29.0. The van der Waals surface area contributed by atoms with Gasteiger partial charge < -0.3 is 4.90 Å². The first-order valence-corrected chi connectivity index (χ1v) is 15.0. The minimum atomic E-state index is -5.06. The van der Waals surface area contributed by atoms with Crippen molar-refractivity contribution < 1.29 is 34.8 Å². The number of piperidine rings is 1. The number of aromatic nitrogens is 1. The molecule has 4 rings (SSSR count). The molecule has 39 heavy (non-hydrogen) atoms. The highest BCUT2D eigenvalue weighted by atomic mass is 35.5. The van der Waals surface area contributed by atoms with Gasteiger partial charge in [-0.3, -0.25) is 4.79 Å². The van der Waals surface area contributed by atoms with E-state index in [1.807, 2.05) is 0 Å². The van der Waals surface area contributed by atoms with Crippen molar-refractivity contribution in [2.45, 2.75) is 46.7 Å². The van der Waals surface area contributed by atoms with Crippen LogP contribution >= 0.6 is 11.6 Å². The smallest absolute Gasteiger partial charge is 0.339 e. The van der Waals surface area contributed by atoms with E-state index in [0.717, 1.165) is 6.07 Å². The Bertz CT molecular complexity index is 1590. The minimum Gasteiger partial charge on any atom is -0.339 e. The summed E-state index contributed by atoms with van der Waals surface area (Å²) < 4.78 is 95.9. The van der Waals surface area contributed by atoms with Gasteiger partial charge in [-0.15, -0.1) is 0 Å². The van der Waals surface area contributed by atoms with Crippen LogP contribution in [0.5, 0.6) is 0 Å². The lowest BCUT2D eigenvalue weighted by molar-refractivity contribution is -0.139. The second-order valence-electron chi connectivity index (χ2n) is 8.98. The Morgan fingerprint density at radius 2 is 1.62 bits per heavy atom. The van der Waals surface area contributed by atoms with Crippen molar-refractivity contribution in [3.05, 3.63) is 82.6 Å². The van der Waals surface area contributed by atoms with Gasteiger partial charge in [0.15, 0.2) is 0 Å². The predicted octanol–water partition coefficient (Wildman–Crippen LogP) is 4.48. The highest BCUT2D eigenvalue weighted by Gasteiger charge is 2.39. The van der Waals surface area contributed by atoms with Crippen molar-refractivity contribution in [2.24, 2.45) is 0 Å². The fraction of sp³-hybridized carbons (Fsp3) is 0.280. The zero-order chi connectivity index (χ0) is 28.6. The number of aryl methyl sites for hydroxylation is 1. The summed E-state index contributed by atoms with van der Waals surface area (Å²) in [5, 5.41) is 0.151. The van der Waals surface area contributed by atoms with Gasteiger partial charge in [0.05, 0.1) is 20.2 Å². The van der Waals surface area contributed by atoms with Crippen molar-refractivity contribution in [3.63, 3.8) is 0 Å². The molecular formula is C25H23ClF3N3O5S2. The van der Waals surface area contributed by atoms with Crippen molar-refractivity contribution in [1.82, 2.24) is 14.6 Å². The Labute approximate surface area is 228 Å².